The van der Waals surface area contributed by atoms with Crippen molar-refractivity contribution < 1.29 is 0 Å². The number of rotatable bonds is 7. The van der Waals surface area contributed by atoms with Gasteiger partial charge in [0, 0.05) is 33.2 Å². The highest BCUT2D eigenvalue weighted by molar-refractivity contribution is 5.84. The van der Waals surface area contributed by atoms with Crippen LogP contribution in [-0.2, 0) is 5.41 Å². The number of hydrogen-bond acceptors (Lipinski definition) is 6. The molecule has 0 N–H and O–H groups in total. The number of aromatic nitrogens is 6. The lowest BCUT2D eigenvalue weighted by Crippen LogP contribution is -2.24. The standard InChI is InChI=1S/C55H44N6/c1-2-15-35-55(34-14-1)47-23-13-12-22-45(47)46-33-32-44(36-48(46)55)54-60-52(41-26-24-38(25-27-41)37-16-6-3-7-17-37)59-53(61-54)43-30-28-42(29-31-43)51-57-49(39-18-8-4-9-19-39)56-50(58-51)40-20-10-5-11-21-40/h3-10,12-13,16-20,22-33,36H,1-2,11,14-15,21,34-35H2. The van der Waals surface area contributed by atoms with Crippen LogP contribution in [0.15, 0.2) is 170 Å². The number of hydrogen-bond donors (Lipinski definition) is 0. The molecule has 0 bridgehead atoms. The van der Waals surface area contributed by atoms with E-state index in [1.165, 1.54) is 66.3 Å². The Morgan fingerprint density at radius 3 is 1.38 bits per heavy atom. The highest BCUT2D eigenvalue weighted by Gasteiger charge is 2.43. The molecule has 0 radical (unpaired) electrons. The first-order valence-electron chi connectivity index (χ1n) is 21.6. The predicted octanol–water partition coefficient (Wildman–Crippen LogP) is 13.4. The molecule has 3 aliphatic rings. The zero-order chi connectivity index (χ0) is 40.6. The van der Waals surface area contributed by atoms with Crippen LogP contribution in [0.2, 0.25) is 0 Å². The summed E-state index contributed by atoms with van der Waals surface area (Å²) in [6.45, 7) is 0. The fourth-order valence-corrected chi connectivity index (χ4v) is 9.59. The molecule has 1 fully saturated rings. The van der Waals surface area contributed by atoms with Crippen LogP contribution in [-0.4, -0.2) is 29.9 Å². The van der Waals surface area contributed by atoms with Crippen molar-refractivity contribution in [1.82, 2.24) is 29.9 Å². The second kappa shape index (κ2) is 15.8. The van der Waals surface area contributed by atoms with Crippen LogP contribution in [0.5, 0.6) is 0 Å². The molecule has 6 heteroatoms. The van der Waals surface area contributed by atoms with Crippen molar-refractivity contribution in [2.24, 2.45) is 0 Å². The third-order valence-electron chi connectivity index (χ3n) is 12.7. The molecule has 0 amide bonds. The maximum absolute atomic E-state index is 5.25. The maximum Gasteiger partial charge on any atom is 0.164 e. The third kappa shape index (κ3) is 6.98. The molecule has 6 aromatic carbocycles. The van der Waals surface area contributed by atoms with Gasteiger partial charge in [0.25, 0.3) is 0 Å². The molecule has 1 spiro atoms. The van der Waals surface area contributed by atoms with Crippen molar-refractivity contribution in [3.05, 3.63) is 187 Å². The van der Waals surface area contributed by atoms with E-state index >= 15 is 0 Å². The van der Waals surface area contributed by atoms with E-state index < -0.39 is 0 Å². The summed E-state index contributed by atoms with van der Waals surface area (Å²) in [5.74, 6) is 3.93. The summed E-state index contributed by atoms with van der Waals surface area (Å²) in [7, 11) is 0. The largest absolute Gasteiger partial charge is 0.209 e. The van der Waals surface area contributed by atoms with Crippen LogP contribution in [0.1, 0.15) is 68.3 Å². The molecule has 0 atom stereocenters. The Hall–Kier alpha value is -7.18. The van der Waals surface area contributed by atoms with Crippen molar-refractivity contribution >= 4 is 5.57 Å². The molecule has 61 heavy (non-hydrogen) atoms. The Bertz CT molecular complexity index is 2940. The van der Waals surface area contributed by atoms with Crippen LogP contribution in [0.4, 0.5) is 0 Å². The first-order chi connectivity index (χ1) is 30.2. The Balaban J connectivity index is 1.01. The van der Waals surface area contributed by atoms with Crippen molar-refractivity contribution in [3.8, 4) is 79.2 Å². The highest BCUT2D eigenvalue weighted by atomic mass is 15.0. The van der Waals surface area contributed by atoms with Crippen molar-refractivity contribution in [3.63, 3.8) is 0 Å². The molecule has 2 aromatic heterocycles. The van der Waals surface area contributed by atoms with Gasteiger partial charge in [0.2, 0.25) is 0 Å². The van der Waals surface area contributed by atoms with Crippen molar-refractivity contribution in [2.75, 3.05) is 0 Å². The Morgan fingerprint density at radius 2 is 0.803 bits per heavy atom. The van der Waals surface area contributed by atoms with E-state index in [1.54, 1.807) is 0 Å². The van der Waals surface area contributed by atoms with Gasteiger partial charge in [0.05, 0.1) is 0 Å². The third-order valence-corrected chi connectivity index (χ3v) is 12.7. The van der Waals surface area contributed by atoms with Gasteiger partial charge in [0.1, 0.15) is 0 Å². The fourth-order valence-electron chi connectivity index (χ4n) is 9.59. The summed E-state index contributed by atoms with van der Waals surface area (Å²) in [6, 6.07) is 53.4. The Labute approximate surface area is 356 Å². The van der Waals surface area contributed by atoms with E-state index in [9.17, 15) is 0 Å². The van der Waals surface area contributed by atoms with E-state index in [4.69, 9.17) is 29.9 Å². The molecule has 6 nitrogen and oxygen atoms in total. The van der Waals surface area contributed by atoms with Gasteiger partial charge >= 0.3 is 0 Å². The normalized spacial score (nSPS) is 15.2. The minimum Gasteiger partial charge on any atom is -0.209 e. The quantitative estimate of drug-likeness (QED) is 0.160. The summed E-state index contributed by atoms with van der Waals surface area (Å²) in [6.07, 6.45) is 15.6. The molecule has 1 saturated carbocycles. The van der Waals surface area contributed by atoms with E-state index in [-0.39, 0.29) is 5.41 Å². The molecular weight excluding hydrogens is 745 g/mol. The van der Waals surface area contributed by atoms with Gasteiger partial charge < -0.3 is 0 Å². The number of nitrogens with zero attached hydrogens (tertiary/aromatic N) is 6. The Kier molecular flexibility index (Phi) is 9.53. The van der Waals surface area contributed by atoms with Gasteiger partial charge in [0.15, 0.2) is 34.9 Å². The fraction of sp³-hybridized carbons (Fsp3) is 0.164. The summed E-state index contributed by atoms with van der Waals surface area (Å²) in [4.78, 5) is 30.6. The minimum atomic E-state index is 0.0136. The molecule has 0 aliphatic heterocycles. The van der Waals surface area contributed by atoms with Crippen LogP contribution in [0, 0.1) is 0 Å². The lowest BCUT2D eigenvalue weighted by molar-refractivity contribution is 0.456. The van der Waals surface area contributed by atoms with Gasteiger partial charge in [-0.2, -0.15) is 0 Å². The van der Waals surface area contributed by atoms with Crippen LogP contribution >= 0.6 is 0 Å². The smallest absolute Gasteiger partial charge is 0.164 e. The molecular formula is C55H44N6. The van der Waals surface area contributed by atoms with Crippen molar-refractivity contribution in [1.29, 1.82) is 0 Å². The van der Waals surface area contributed by atoms with E-state index in [0.717, 1.165) is 51.8 Å². The lowest BCUT2D eigenvalue weighted by atomic mass is 9.72. The van der Waals surface area contributed by atoms with Crippen LogP contribution < -0.4 is 0 Å². The van der Waals surface area contributed by atoms with Gasteiger partial charge in [-0.25, -0.2) is 29.9 Å². The Morgan fingerprint density at radius 1 is 0.361 bits per heavy atom. The van der Waals surface area contributed by atoms with Gasteiger partial charge in [-0.1, -0.05) is 190 Å². The first kappa shape index (κ1) is 36.9. The van der Waals surface area contributed by atoms with Crippen LogP contribution in [0.25, 0.3) is 84.8 Å². The monoisotopic (exact) mass is 788 g/mol. The average Bonchev–Trinajstić information content (AvgIpc) is 3.44. The maximum atomic E-state index is 5.25. The second-order valence-electron chi connectivity index (χ2n) is 16.5. The minimum absolute atomic E-state index is 0.0136. The molecule has 0 unspecified atom stereocenters. The van der Waals surface area contributed by atoms with E-state index in [1.807, 2.05) is 36.4 Å². The highest BCUT2D eigenvalue weighted by Crippen LogP contribution is 2.55. The summed E-state index contributed by atoms with van der Waals surface area (Å²) < 4.78 is 0. The molecule has 11 rings (SSSR count). The van der Waals surface area contributed by atoms with Crippen molar-refractivity contribution in [2.45, 2.75) is 56.8 Å². The molecule has 294 valence electrons. The predicted molar refractivity (Wildman–Crippen MR) is 246 cm³/mol. The topological polar surface area (TPSA) is 77.3 Å². The van der Waals surface area contributed by atoms with Gasteiger partial charge in [-0.3, -0.25) is 0 Å². The first-order valence-corrected chi connectivity index (χ1v) is 21.6. The summed E-state index contributed by atoms with van der Waals surface area (Å²) in [5.41, 5.74) is 13.7. The summed E-state index contributed by atoms with van der Waals surface area (Å²) >= 11 is 0. The zero-order valence-electron chi connectivity index (χ0n) is 34.0. The molecule has 0 saturated heterocycles. The van der Waals surface area contributed by atoms with E-state index in [2.05, 4.69) is 133 Å². The van der Waals surface area contributed by atoms with Gasteiger partial charge in [-0.15, -0.1) is 0 Å². The second-order valence-corrected chi connectivity index (χ2v) is 16.5. The lowest BCUT2D eigenvalue weighted by Gasteiger charge is -2.31. The van der Waals surface area contributed by atoms with E-state index in [0.29, 0.717) is 34.9 Å². The molecule has 8 aromatic rings. The SMILES string of the molecule is C1=CCCC(c2nc(-c3ccccc3)nc(-c3ccc(-c4nc(-c5ccc(-c6ccccc6)cc5)nc(-c5ccc6c(c5)C5(CCCCCC5)c5ccccc5-6)n4)cc3)n2)=C1. The number of allylic oxidation sites excluding steroid dienone is 4. The zero-order valence-corrected chi connectivity index (χ0v) is 34.0. The van der Waals surface area contributed by atoms with Crippen LogP contribution in [0.3, 0.4) is 0 Å². The number of fused-ring (bicyclic) bond motifs is 5. The summed E-state index contributed by atoms with van der Waals surface area (Å²) in [5, 5.41) is 0. The average molecular weight is 789 g/mol. The molecule has 2 heterocycles. The van der Waals surface area contributed by atoms with Gasteiger partial charge in [-0.05, 0) is 70.7 Å². The number of benzene rings is 6. The molecule has 3 aliphatic carbocycles.